The van der Waals surface area contributed by atoms with Crippen molar-refractivity contribution in [2.45, 2.75) is 13.0 Å². The summed E-state index contributed by atoms with van der Waals surface area (Å²) < 4.78 is 5.11. The van der Waals surface area contributed by atoms with E-state index in [1.807, 2.05) is 0 Å². The van der Waals surface area contributed by atoms with Gasteiger partial charge in [-0.3, -0.25) is 24.6 Å². The standard InChI is InChI=1S/C18H16N4O6/c1-11(21-16(23)13-4-2-3-5-14(13)17(21)24)18(25)28-9-8-19-15-7-6-12(10-20-15)22(26)27/h2-7,10-11H,8-9H2,1H3,(H,19,20). The number of aromatic nitrogens is 1. The molecular weight excluding hydrogens is 368 g/mol. The van der Waals surface area contributed by atoms with E-state index in [2.05, 4.69) is 10.3 Å². The van der Waals surface area contributed by atoms with E-state index >= 15 is 0 Å². The number of imide groups is 1. The normalized spacial score (nSPS) is 13.8. The van der Waals surface area contributed by atoms with E-state index in [1.54, 1.807) is 12.1 Å². The highest BCUT2D eigenvalue weighted by atomic mass is 16.6. The van der Waals surface area contributed by atoms with Crippen LogP contribution in [0.3, 0.4) is 0 Å². The van der Waals surface area contributed by atoms with Gasteiger partial charge in [0.1, 0.15) is 24.7 Å². The molecule has 0 fully saturated rings. The van der Waals surface area contributed by atoms with Crippen molar-refractivity contribution < 1.29 is 24.0 Å². The SMILES string of the molecule is CC(C(=O)OCCNc1ccc([N+](=O)[O-])cn1)N1C(=O)c2ccccc2C1=O. The monoisotopic (exact) mass is 384 g/mol. The fraction of sp³-hybridized carbons (Fsp3) is 0.222. The van der Waals surface area contributed by atoms with Crippen molar-refractivity contribution in [3.05, 3.63) is 63.8 Å². The average Bonchev–Trinajstić information content (AvgIpc) is 2.95. The van der Waals surface area contributed by atoms with Gasteiger partial charge in [0.15, 0.2) is 0 Å². The highest BCUT2D eigenvalue weighted by Gasteiger charge is 2.41. The molecule has 0 saturated carbocycles. The lowest BCUT2D eigenvalue weighted by Gasteiger charge is -2.21. The second-order valence-corrected chi connectivity index (χ2v) is 5.95. The summed E-state index contributed by atoms with van der Waals surface area (Å²) in [4.78, 5) is 51.7. The van der Waals surface area contributed by atoms with E-state index in [4.69, 9.17) is 4.74 Å². The van der Waals surface area contributed by atoms with Gasteiger partial charge in [-0.05, 0) is 25.1 Å². The fourth-order valence-electron chi connectivity index (χ4n) is 2.71. The number of anilines is 1. The quantitative estimate of drug-likeness (QED) is 0.250. The summed E-state index contributed by atoms with van der Waals surface area (Å²) in [5.74, 6) is -1.39. The predicted octanol–water partition coefficient (Wildman–Crippen LogP) is 1.63. The Morgan fingerprint density at radius 1 is 1.21 bits per heavy atom. The Labute approximate surface area is 159 Å². The van der Waals surface area contributed by atoms with Crippen molar-refractivity contribution in [2.75, 3.05) is 18.5 Å². The van der Waals surface area contributed by atoms with E-state index in [9.17, 15) is 24.5 Å². The number of amides is 2. The number of benzene rings is 1. The topological polar surface area (TPSA) is 132 Å². The third kappa shape index (κ3) is 3.65. The van der Waals surface area contributed by atoms with Gasteiger partial charge < -0.3 is 10.1 Å². The Bertz CT molecular complexity index is 908. The molecule has 2 amide bonds. The first-order valence-electron chi connectivity index (χ1n) is 8.38. The van der Waals surface area contributed by atoms with Gasteiger partial charge in [0.05, 0.1) is 22.6 Å². The molecule has 1 aliphatic heterocycles. The Kier molecular flexibility index (Phi) is 5.30. The number of hydrogen-bond acceptors (Lipinski definition) is 8. The maximum absolute atomic E-state index is 12.4. The van der Waals surface area contributed by atoms with Crippen LogP contribution in [0.4, 0.5) is 11.5 Å². The number of esters is 1. The lowest BCUT2D eigenvalue weighted by Crippen LogP contribution is -2.44. The minimum Gasteiger partial charge on any atom is -0.462 e. The molecule has 0 spiro atoms. The van der Waals surface area contributed by atoms with Crippen molar-refractivity contribution in [3.63, 3.8) is 0 Å². The molecule has 0 radical (unpaired) electrons. The minimum atomic E-state index is -1.06. The van der Waals surface area contributed by atoms with Crippen LogP contribution in [0, 0.1) is 10.1 Å². The maximum Gasteiger partial charge on any atom is 0.329 e. The van der Waals surface area contributed by atoms with Gasteiger partial charge in [0, 0.05) is 6.07 Å². The average molecular weight is 384 g/mol. The number of ether oxygens (including phenoxy) is 1. The summed E-state index contributed by atoms with van der Waals surface area (Å²) in [6, 6.07) is 8.03. The van der Waals surface area contributed by atoms with Gasteiger partial charge in [-0.1, -0.05) is 12.1 Å². The molecule has 2 heterocycles. The zero-order valence-electron chi connectivity index (χ0n) is 14.8. The number of hydrogen-bond donors (Lipinski definition) is 1. The number of rotatable bonds is 7. The van der Waals surface area contributed by atoms with E-state index in [1.165, 1.54) is 31.2 Å². The van der Waals surface area contributed by atoms with Crippen molar-refractivity contribution in [1.29, 1.82) is 0 Å². The lowest BCUT2D eigenvalue weighted by molar-refractivity contribution is -0.385. The van der Waals surface area contributed by atoms with Crippen LogP contribution in [0.15, 0.2) is 42.6 Å². The summed E-state index contributed by atoms with van der Waals surface area (Å²) in [6.45, 7) is 1.59. The molecule has 2 aromatic rings. The molecule has 28 heavy (non-hydrogen) atoms. The number of carbonyl (C=O) groups excluding carboxylic acids is 3. The molecule has 1 aliphatic rings. The van der Waals surface area contributed by atoms with Crippen molar-refractivity contribution >= 4 is 29.3 Å². The van der Waals surface area contributed by atoms with Crippen LogP contribution in [-0.2, 0) is 9.53 Å². The van der Waals surface area contributed by atoms with Crippen LogP contribution in [0.25, 0.3) is 0 Å². The van der Waals surface area contributed by atoms with Gasteiger partial charge in [-0.15, -0.1) is 0 Å². The van der Waals surface area contributed by atoms with Gasteiger partial charge in [0.2, 0.25) is 0 Å². The molecule has 1 aromatic carbocycles. The number of nitrogens with zero attached hydrogens (tertiary/aromatic N) is 3. The van der Waals surface area contributed by atoms with Crippen molar-refractivity contribution in [2.24, 2.45) is 0 Å². The summed E-state index contributed by atoms with van der Waals surface area (Å²) in [5, 5.41) is 13.4. The van der Waals surface area contributed by atoms with Crippen molar-refractivity contribution in [1.82, 2.24) is 9.88 Å². The molecule has 1 N–H and O–H groups in total. The summed E-state index contributed by atoms with van der Waals surface area (Å²) in [7, 11) is 0. The second-order valence-electron chi connectivity index (χ2n) is 5.95. The summed E-state index contributed by atoms with van der Waals surface area (Å²) >= 11 is 0. The summed E-state index contributed by atoms with van der Waals surface area (Å²) in [6.07, 6.45) is 1.11. The molecule has 1 unspecified atom stereocenters. The van der Waals surface area contributed by atoms with Gasteiger partial charge in [-0.2, -0.15) is 0 Å². The third-order valence-corrected chi connectivity index (χ3v) is 4.17. The smallest absolute Gasteiger partial charge is 0.329 e. The van der Waals surface area contributed by atoms with Gasteiger partial charge >= 0.3 is 5.97 Å². The molecule has 10 heteroatoms. The molecular formula is C18H16N4O6. The first kappa shape index (κ1) is 19.0. The Morgan fingerprint density at radius 3 is 2.39 bits per heavy atom. The van der Waals surface area contributed by atoms with Crippen LogP contribution in [0.1, 0.15) is 27.6 Å². The third-order valence-electron chi connectivity index (χ3n) is 4.17. The maximum atomic E-state index is 12.4. The van der Waals surface area contributed by atoms with Crippen LogP contribution >= 0.6 is 0 Å². The largest absolute Gasteiger partial charge is 0.462 e. The number of nitrogens with one attached hydrogen (secondary N) is 1. The first-order chi connectivity index (χ1) is 13.4. The van der Waals surface area contributed by atoms with Crippen LogP contribution in [-0.4, -0.2) is 51.8 Å². The molecule has 3 rings (SSSR count). The minimum absolute atomic E-state index is 0.0367. The summed E-state index contributed by atoms with van der Waals surface area (Å²) in [5.41, 5.74) is 0.392. The molecule has 0 bridgehead atoms. The lowest BCUT2D eigenvalue weighted by atomic mass is 10.1. The van der Waals surface area contributed by atoms with Crippen LogP contribution < -0.4 is 5.32 Å². The van der Waals surface area contributed by atoms with E-state index in [0.717, 1.165) is 11.1 Å². The molecule has 1 atom stereocenters. The molecule has 144 valence electrons. The molecule has 0 saturated heterocycles. The van der Waals surface area contributed by atoms with E-state index in [0.29, 0.717) is 5.82 Å². The number of nitro groups is 1. The zero-order chi connectivity index (χ0) is 20.3. The molecule has 10 nitrogen and oxygen atoms in total. The molecule has 0 aliphatic carbocycles. The highest BCUT2D eigenvalue weighted by molar-refractivity contribution is 6.22. The first-order valence-corrected chi connectivity index (χ1v) is 8.38. The van der Waals surface area contributed by atoms with E-state index < -0.39 is 28.7 Å². The zero-order valence-corrected chi connectivity index (χ0v) is 14.8. The van der Waals surface area contributed by atoms with Gasteiger partial charge in [0.25, 0.3) is 17.5 Å². The van der Waals surface area contributed by atoms with Crippen molar-refractivity contribution in [3.8, 4) is 0 Å². The Morgan fingerprint density at radius 2 is 1.86 bits per heavy atom. The Hall–Kier alpha value is -3.82. The van der Waals surface area contributed by atoms with Crippen LogP contribution in [0.2, 0.25) is 0 Å². The predicted molar refractivity (Wildman–Crippen MR) is 96.7 cm³/mol. The van der Waals surface area contributed by atoms with E-state index in [-0.39, 0.29) is 30.0 Å². The number of carbonyl (C=O) groups is 3. The van der Waals surface area contributed by atoms with Crippen LogP contribution in [0.5, 0.6) is 0 Å². The number of fused-ring (bicyclic) bond motifs is 1. The van der Waals surface area contributed by atoms with Gasteiger partial charge in [-0.25, -0.2) is 9.78 Å². The fourth-order valence-corrected chi connectivity index (χ4v) is 2.71. The Balaban J connectivity index is 1.51. The highest BCUT2D eigenvalue weighted by Crippen LogP contribution is 2.24. The number of pyridine rings is 1. The molecule has 1 aromatic heterocycles. The second kappa shape index (κ2) is 7.82.